The van der Waals surface area contributed by atoms with Crippen LogP contribution in [0.2, 0.25) is 0 Å². The lowest BCUT2D eigenvalue weighted by Gasteiger charge is -2.15. The first-order valence-electron chi connectivity index (χ1n) is 8.02. The maximum atomic E-state index is 2.30. The summed E-state index contributed by atoms with van der Waals surface area (Å²) in [6, 6.07) is 13.2. The summed E-state index contributed by atoms with van der Waals surface area (Å²) in [5.74, 6) is 2.95. The summed E-state index contributed by atoms with van der Waals surface area (Å²) in [7, 11) is 0. The molecule has 0 aromatic heterocycles. The van der Waals surface area contributed by atoms with Crippen LogP contribution in [0.4, 0.5) is 0 Å². The number of rotatable bonds is 3. The molecule has 22 heavy (non-hydrogen) atoms. The number of hydrogen-bond acceptors (Lipinski definition) is 0. The van der Waals surface area contributed by atoms with E-state index in [0.717, 1.165) is 12.8 Å². The van der Waals surface area contributed by atoms with Crippen LogP contribution in [0.5, 0.6) is 0 Å². The lowest BCUT2D eigenvalue weighted by molar-refractivity contribution is 0.850. The molecule has 2 aromatic rings. The van der Waals surface area contributed by atoms with Crippen molar-refractivity contribution in [2.24, 2.45) is 0 Å². The molecule has 0 atom stereocenters. The minimum Gasteiger partial charge on any atom is -0.0721 e. The molecule has 0 saturated heterocycles. The average molecular weight is 284 g/mol. The molecule has 0 N–H and O–H groups in total. The van der Waals surface area contributed by atoms with Crippen LogP contribution in [0.3, 0.4) is 0 Å². The van der Waals surface area contributed by atoms with Crippen molar-refractivity contribution in [3.8, 4) is 0 Å². The van der Waals surface area contributed by atoms with Crippen molar-refractivity contribution in [3.63, 3.8) is 0 Å². The largest absolute Gasteiger partial charge is 0.0721 e. The molecule has 0 spiro atoms. The van der Waals surface area contributed by atoms with E-state index < -0.39 is 0 Å². The quantitative estimate of drug-likeness (QED) is 0.680. The first-order chi connectivity index (χ1) is 10.7. The van der Waals surface area contributed by atoms with E-state index in [1.165, 1.54) is 45.2 Å². The molecule has 0 aliphatic heterocycles. The van der Waals surface area contributed by atoms with Gasteiger partial charge in [-0.3, -0.25) is 0 Å². The number of benzene rings is 2. The Morgan fingerprint density at radius 3 is 1.50 bits per heavy atom. The van der Waals surface area contributed by atoms with Crippen molar-refractivity contribution in [1.29, 1.82) is 0 Å². The summed E-state index contributed by atoms with van der Waals surface area (Å²) in [5, 5.41) is 0. The lowest BCUT2D eigenvalue weighted by Crippen LogP contribution is -2.01. The van der Waals surface area contributed by atoms with Crippen molar-refractivity contribution in [1.82, 2.24) is 0 Å². The van der Waals surface area contributed by atoms with Crippen LogP contribution in [0.25, 0.3) is 12.2 Å². The van der Waals surface area contributed by atoms with E-state index >= 15 is 0 Å². The van der Waals surface area contributed by atoms with E-state index in [1.54, 1.807) is 0 Å². The zero-order valence-corrected chi connectivity index (χ0v) is 13.2. The molecule has 0 bridgehead atoms. The maximum absolute atomic E-state index is 2.30. The Morgan fingerprint density at radius 2 is 1.05 bits per heavy atom. The molecule has 0 heteroatoms. The summed E-state index contributed by atoms with van der Waals surface area (Å²) in [6.45, 7) is 4.39. The number of aryl methyl sites for hydroxylation is 2. The third-order valence-electron chi connectivity index (χ3n) is 4.91. The molecule has 0 nitrogen and oxygen atoms in total. The minimum atomic E-state index is 1.11. The Bertz CT molecular complexity index is 709. The van der Waals surface area contributed by atoms with E-state index in [2.05, 4.69) is 74.5 Å². The first kappa shape index (κ1) is 13.6. The van der Waals surface area contributed by atoms with Crippen molar-refractivity contribution < 1.29 is 0 Å². The molecule has 4 rings (SSSR count). The van der Waals surface area contributed by atoms with Gasteiger partial charge in [0.15, 0.2) is 0 Å². The van der Waals surface area contributed by atoms with Gasteiger partial charge in [-0.05, 0) is 60.1 Å². The van der Waals surface area contributed by atoms with E-state index in [9.17, 15) is 0 Å². The Hall–Kier alpha value is -2.08. The van der Waals surface area contributed by atoms with Crippen LogP contribution >= 0.6 is 0 Å². The minimum absolute atomic E-state index is 1.11. The van der Waals surface area contributed by atoms with Gasteiger partial charge < -0.3 is 0 Å². The SMILES string of the molecule is Cc1cccc2c1C=C[C]2CC[C]1C=Cc2c(C)cccc21. The van der Waals surface area contributed by atoms with Gasteiger partial charge >= 0.3 is 0 Å². The van der Waals surface area contributed by atoms with E-state index in [-0.39, 0.29) is 0 Å². The molecule has 0 heterocycles. The standard InChI is InChI=1S/C22H20/c1-15-5-3-7-21-17(11-13-19(15)21)9-10-18-12-14-20-16(2)6-4-8-22(18)20/h3-8,11-14H,9-10H2,1-2H3. The normalized spacial score (nSPS) is 16.3. The molecule has 0 saturated carbocycles. The Kier molecular flexibility index (Phi) is 3.26. The second-order valence-corrected chi connectivity index (χ2v) is 6.29. The highest BCUT2D eigenvalue weighted by atomic mass is 14.3. The van der Waals surface area contributed by atoms with E-state index in [0.29, 0.717) is 0 Å². The molecular weight excluding hydrogens is 264 g/mol. The van der Waals surface area contributed by atoms with Gasteiger partial charge in [0.05, 0.1) is 0 Å². The molecular formula is C22H20. The fraction of sp³-hybridized carbons (Fsp3) is 0.182. The highest BCUT2D eigenvalue weighted by Gasteiger charge is 2.23. The molecule has 2 aliphatic rings. The van der Waals surface area contributed by atoms with Crippen molar-refractivity contribution >= 4 is 12.2 Å². The molecule has 0 amide bonds. The average Bonchev–Trinajstić information content (AvgIpc) is 3.11. The fourth-order valence-corrected chi connectivity index (χ4v) is 3.62. The molecule has 2 aliphatic carbocycles. The van der Waals surface area contributed by atoms with Gasteiger partial charge in [0, 0.05) is 11.8 Å². The first-order valence-corrected chi connectivity index (χ1v) is 8.02. The molecule has 0 unspecified atom stereocenters. The van der Waals surface area contributed by atoms with Crippen LogP contribution in [0.1, 0.15) is 46.2 Å². The number of hydrogen-bond donors (Lipinski definition) is 0. The predicted molar refractivity (Wildman–Crippen MR) is 94.4 cm³/mol. The van der Waals surface area contributed by atoms with Crippen molar-refractivity contribution in [2.45, 2.75) is 26.7 Å². The van der Waals surface area contributed by atoms with Gasteiger partial charge in [-0.1, -0.05) is 60.7 Å². The molecule has 108 valence electrons. The van der Waals surface area contributed by atoms with Gasteiger partial charge in [0.2, 0.25) is 0 Å². The molecule has 0 fully saturated rings. The highest BCUT2D eigenvalue weighted by Crippen LogP contribution is 2.39. The fourth-order valence-electron chi connectivity index (χ4n) is 3.62. The summed E-state index contributed by atoms with van der Waals surface area (Å²) in [6.07, 6.45) is 11.4. The third-order valence-corrected chi connectivity index (χ3v) is 4.91. The van der Waals surface area contributed by atoms with Gasteiger partial charge in [-0.15, -0.1) is 0 Å². The maximum Gasteiger partial charge on any atom is 0.0273 e. The van der Waals surface area contributed by atoms with Gasteiger partial charge in [-0.25, -0.2) is 0 Å². The number of allylic oxidation sites excluding steroid dienone is 2. The molecule has 2 radical (unpaired) electrons. The predicted octanol–water partition coefficient (Wildman–Crippen LogP) is 5.68. The summed E-state index contributed by atoms with van der Waals surface area (Å²) >= 11 is 0. The second kappa shape index (κ2) is 5.28. The Morgan fingerprint density at radius 1 is 0.591 bits per heavy atom. The van der Waals surface area contributed by atoms with Crippen molar-refractivity contribution in [3.05, 3.63) is 93.8 Å². The van der Waals surface area contributed by atoms with Crippen LogP contribution in [-0.4, -0.2) is 0 Å². The van der Waals surface area contributed by atoms with Crippen LogP contribution in [-0.2, 0) is 0 Å². The van der Waals surface area contributed by atoms with Gasteiger partial charge in [0.25, 0.3) is 0 Å². The highest BCUT2D eigenvalue weighted by molar-refractivity contribution is 5.73. The zero-order chi connectivity index (χ0) is 15.1. The smallest absolute Gasteiger partial charge is 0.0273 e. The lowest BCUT2D eigenvalue weighted by atomic mass is 9.88. The van der Waals surface area contributed by atoms with E-state index in [1.807, 2.05) is 0 Å². The zero-order valence-electron chi connectivity index (χ0n) is 13.2. The van der Waals surface area contributed by atoms with Crippen LogP contribution in [0, 0.1) is 25.7 Å². The third kappa shape index (κ3) is 2.14. The van der Waals surface area contributed by atoms with Crippen molar-refractivity contribution in [2.75, 3.05) is 0 Å². The van der Waals surface area contributed by atoms with Gasteiger partial charge in [-0.2, -0.15) is 0 Å². The molecule has 2 aromatic carbocycles. The Labute approximate surface area is 133 Å². The van der Waals surface area contributed by atoms with Crippen LogP contribution in [0.15, 0.2) is 48.6 Å². The van der Waals surface area contributed by atoms with Gasteiger partial charge in [0.1, 0.15) is 0 Å². The topological polar surface area (TPSA) is 0 Å². The summed E-state index contributed by atoms with van der Waals surface area (Å²) in [4.78, 5) is 0. The monoisotopic (exact) mass is 284 g/mol. The summed E-state index contributed by atoms with van der Waals surface area (Å²) in [5.41, 5.74) is 8.40. The summed E-state index contributed by atoms with van der Waals surface area (Å²) < 4.78 is 0. The van der Waals surface area contributed by atoms with Crippen LogP contribution < -0.4 is 0 Å². The second-order valence-electron chi connectivity index (χ2n) is 6.29. The Balaban J connectivity index is 1.51. The number of fused-ring (bicyclic) bond motifs is 2. The van der Waals surface area contributed by atoms with E-state index in [4.69, 9.17) is 0 Å².